The summed E-state index contributed by atoms with van der Waals surface area (Å²) in [5.41, 5.74) is 15.2. The predicted octanol–water partition coefficient (Wildman–Crippen LogP) is 7.47. The Morgan fingerprint density at radius 3 is 1.88 bits per heavy atom. The second-order valence-electron chi connectivity index (χ2n) is 10.2. The molecule has 2 aromatic heterocycles. The Balaban J connectivity index is 1.44. The van der Waals surface area contributed by atoms with Crippen LogP contribution >= 0.6 is 0 Å². The molecule has 1 aliphatic carbocycles. The first-order valence-electron chi connectivity index (χ1n) is 11.9. The third-order valence-corrected chi connectivity index (χ3v) is 6.99. The van der Waals surface area contributed by atoms with Gasteiger partial charge in [-0.05, 0) is 104 Å². The number of nitrogens with zero attached hydrogens (tertiary/aromatic N) is 2. The summed E-state index contributed by atoms with van der Waals surface area (Å²) in [6.07, 6.45) is 1.92. The smallest absolute Gasteiger partial charge is 0.0416 e. The van der Waals surface area contributed by atoms with E-state index in [0.29, 0.717) is 0 Å². The van der Waals surface area contributed by atoms with Crippen molar-refractivity contribution in [2.45, 2.75) is 59.8 Å². The molecule has 0 unspecified atom stereocenters. The van der Waals surface area contributed by atoms with Gasteiger partial charge in [0.1, 0.15) is 0 Å². The Hall–Kier alpha value is -3.26. The Morgan fingerprint density at radius 1 is 0.606 bits per heavy atom. The molecule has 4 aromatic rings. The number of benzene rings is 2. The van der Waals surface area contributed by atoms with Gasteiger partial charge in [-0.25, -0.2) is 0 Å². The molecular weight excluding hydrogens is 400 g/mol. The van der Waals surface area contributed by atoms with Gasteiger partial charge in [0.15, 0.2) is 0 Å². The lowest BCUT2D eigenvalue weighted by atomic mass is 9.82. The number of aryl methyl sites for hydroxylation is 6. The van der Waals surface area contributed by atoms with Crippen LogP contribution < -0.4 is 0 Å². The van der Waals surface area contributed by atoms with E-state index in [1.807, 2.05) is 0 Å². The van der Waals surface area contributed by atoms with Crippen molar-refractivity contribution in [1.29, 1.82) is 0 Å². The van der Waals surface area contributed by atoms with Gasteiger partial charge in [-0.1, -0.05) is 55.8 Å². The summed E-state index contributed by atoms with van der Waals surface area (Å²) in [4.78, 5) is 9.37. The zero-order chi connectivity index (χ0) is 23.3. The maximum absolute atomic E-state index is 4.85. The van der Waals surface area contributed by atoms with Crippen LogP contribution in [0.15, 0.2) is 60.7 Å². The maximum Gasteiger partial charge on any atom is 0.0416 e. The minimum Gasteiger partial charge on any atom is -0.258 e. The topological polar surface area (TPSA) is 25.8 Å². The van der Waals surface area contributed by atoms with E-state index in [4.69, 9.17) is 4.98 Å². The summed E-state index contributed by atoms with van der Waals surface area (Å²) in [6.45, 7) is 13.1. The third-order valence-electron chi connectivity index (χ3n) is 6.99. The molecule has 0 bridgehead atoms. The molecule has 0 aliphatic heterocycles. The minimum atomic E-state index is 0.0602. The standard InChI is InChI=1S/C31H32N2/c1-19-7-11-29-27(13-19)28-17-23(9-12-30(28)31(29,5)6)8-10-26-18-25(16-22(4)33-26)24-14-20(2)32-21(3)15-24/h7,9,11-18H,8,10H2,1-6H3. The van der Waals surface area contributed by atoms with Crippen molar-refractivity contribution in [1.82, 2.24) is 9.97 Å². The van der Waals surface area contributed by atoms with E-state index >= 15 is 0 Å². The SMILES string of the molecule is Cc1ccc2c(c1)-c1cc(CCc3cc(-c4cc(C)nc(C)c4)cc(C)n3)ccc1C2(C)C. The van der Waals surface area contributed by atoms with Crippen molar-refractivity contribution in [3.05, 3.63) is 106 Å². The molecule has 0 amide bonds. The van der Waals surface area contributed by atoms with Crippen molar-refractivity contribution in [2.24, 2.45) is 0 Å². The van der Waals surface area contributed by atoms with Gasteiger partial charge in [0, 0.05) is 28.2 Å². The molecule has 0 spiro atoms. The van der Waals surface area contributed by atoms with E-state index in [0.717, 1.165) is 35.6 Å². The normalized spacial score (nSPS) is 13.6. The van der Waals surface area contributed by atoms with Crippen LogP contribution in [-0.4, -0.2) is 9.97 Å². The monoisotopic (exact) mass is 432 g/mol. The number of pyridine rings is 2. The molecule has 0 saturated heterocycles. The Labute approximate surface area is 197 Å². The zero-order valence-electron chi connectivity index (χ0n) is 20.6. The first kappa shape index (κ1) is 21.6. The first-order valence-corrected chi connectivity index (χ1v) is 11.9. The highest BCUT2D eigenvalue weighted by Gasteiger charge is 2.35. The second kappa shape index (κ2) is 7.95. The van der Waals surface area contributed by atoms with Crippen LogP contribution in [0, 0.1) is 27.7 Å². The average Bonchev–Trinajstić information content (AvgIpc) is 2.97. The van der Waals surface area contributed by atoms with Crippen LogP contribution in [0.5, 0.6) is 0 Å². The molecular formula is C31H32N2. The van der Waals surface area contributed by atoms with Crippen molar-refractivity contribution >= 4 is 0 Å². The van der Waals surface area contributed by atoms with E-state index < -0.39 is 0 Å². The summed E-state index contributed by atoms with van der Waals surface area (Å²) < 4.78 is 0. The lowest BCUT2D eigenvalue weighted by Gasteiger charge is -2.21. The fourth-order valence-corrected chi connectivity index (χ4v) is 5.39. The molecule has 0 fully saturated rings. The fraction of sp³-hybridized carbons (Fsp3) is 0.290. The van der Waals surface area contributed by atoms with Crippen LogP contribution in [0.4, 0.5) is 0 Å². The second-order valence-corrected chi connectivity index (χ2v) is 10.2. The van der Waals surface area contributed by atoms with Gasteiger partial charge < -0.3 is 0 Å². The first-order chi connectivity index (χ1) is 15.7. The minimum absolute atomic E-state index is 0.0602. The molecule has 5 rings (SSSR count). The van der Waals surface area contributed by atoms with E-state index in [1.54, 1.807) is 0 Å². The van der Waals surface area contributed by atoms with Crippen molar-refractivity contribution in [3.63, 3.8) is 0 Å². The maximum atomic E-state index is 4.85. The van der Waals surface area contributed by atoms with Crippen LogP contribution in [0.2, 0.25) is 0 Å². The van der Waals surface area contributed by atoms with E-state index in [9.17, 15) is 0 Å². The number of fused-ring (bicyclic) bond motifs is 3. The summed E-state index contributed by atoms with van der Waals surface area (Å²) in [6, 6.07) is 22.7. The van der Waals surface area contributed by atoms with Crippen LogP contribution in [0.1, 0.15) is 58.9 Å². The molecule has 0 saturated carbocycles. The van der Waals surface area contributed by atoms with Gasteiger partial charge in [0.05, 0.1) is 0 Å². The fourth-order valence-electron chi connectivity index (χ4n) is 5.39. The highest BCUT2D eigenvalue weighted by Crippen LogP contribution is 2.49. The van der Waals surface area contributed by atoms with E-state index in [2.05, 4.69) is 107 Å². The van der Waals surface area contributed by atoms with E-state index in [-0.39, 0.29) is 5.41 Å². The largest absolute Gasteiger partial charge is 0.258 e. The van der Waals surface area contributed by atoms with Crippen LogP contribution in [-0.2, 0) is 18.3 Å². The molecule has 2 heteroatoms. The highest BCUT2D eigenvalue weighted by molar-refractivity contribution is 5.81. The molecule has 2 heterocycles. The van der Waals surface area contributed by atoms with E-state index in [1.165, 1.54) is 44.5 Å². The van der Waals surface area contributed by atoms with Crippen molar-refractivity contribution in [2.75, 3.05) is 0 Å². The molecule has 2 aromatic carbocycles. The van der Waals surface area contributed by atoms with Gasteiger partial charge in [0.2, 0.25) is 0 Å². The molecule has 0 N–H and O–H groups in total. The number of aromatic nitrogens is 2. The predicted molar refractivity (Wildman–Crippen MR) is 138 cm³/mol. The zero-order valence-corrected chi connectivity index (χ0v) is 20.6. The number of hydrogen-bond acceptors (Lipinski definition) is 2. The Bertz CT molecular complexity index is 1360. The van der Waals surface area contributed by atoms with Crippen molar-refractivity contribution < 1.29 is 0 Å². The number of hydrogen-bond donors (Lipinski definition) is 0. The molecule has 166 valence electrons. The average molecular weight is 433 g/mol. The van der Waals surface area contributed by atoms with Gasteiger partial charge in [-0.15, -0.1) is 0 Å². The van der Waals surface area contributed by atoms with Gasteiger partial charge in [-0.2, -0.15) is 0 Å². The summed E-state index contributed by atoms with van der Waals surface area (Å²) in [7, 11) is 0. The summed E-state index contributed by atoms with van der Waals surface area (Å²) >= 11 is 0. The molecule has 33 heavy (non-hydrogen) atoms. The molecule has 0 radical (unpaired) electrons. The quantitative estimate of drug-likeness (QED) is 0.334. The van der Waals surface area contributed by atoms with Gasteiger partial charge in [0.25, 0.3) is 0 Å². The summed E-state index contributed by atoms with van der Waals surface area (Å²) in [5, 5.41) is 0. The lowest BCUT2D eigenvalue weighted by Crippen LogP contribution is -2.14. The molecule has 1 aliphatic rings. The lowest BCUT2D eigenvalue weighted by molar-refractivity contribution is 0.660. The van der Waals surface area contributed by atoms with Gasteiger partial charge >= 0.3 is 0 Å². The molecule has 0 atom stereocenters. The van der Waals surface area contributed by atoms with Crippen LogP contribution in [0.25, 0.3) is 22.3 Å². The number of rotatable bonds is 4. The van der Waals surface area contributed by atoms with Crippen molar-refractivity contribution in [3.8, 4) is 22.3 Å². The van der Waals surface area contributed by atoms with Gasteiger partial charge in [-0.3, -0.25) is 9.97 Å². The highest BCUT2D eigenvalue weighted by atomic mass is 14.7. The Kier molecular flexibility index (Phi) is 5.20. The Morgan fingerprint density at radius 2 is 1.18 bits per heavy atom. The molecule has 2 nitrogen and oxygen atoms in total. The third kappa shape index (κ3) is 3.99. The summed E-state index contributed by atoms with van der Waals surface area (Å²) in [5.74, 6) is 0. The van der Waals surface area contributed by atoms with Crippen LogP contribution in [0.3, 0.4) is 0 Å².